The molecule has 0 saturated carbocycles. The fraction of sp³-hybridized carbons (Fsp3) is 1.00. The summed E-state index contributed by atoms with van der Waals surface area (Å²) in [5.41, 5.74) is 0. The maximum Gasteiger partial charge on any atom is 1.00 e. The Morgan fingerprint density at radius 1 is 0.250 bits per heavy atom. The number of hydrogen-bond acceptors (Lipinski definition) is 13. The van der Waals surface area contributed by atoms with Gasteiger partial charge in [-0.3, -0.25) is 14.7 Å². The maximum atomic E-state index is 11.2. The molecule has 0 aromatic rings. The number of nitrogens with zero attached hydrogens (tertiary/aromatic N) is 3. The molecule has 5 unspecified atom stereocenters. The van der Waals surface area contributed by atoms with Crippen molar-refractivity contribution in [2.45, 2.75) is 0 Å². The minimum atomic E-state index is -5.06. The first-order valence-corrected chi connectivity index (χ1v) is 17.1. The summed E-state index contributed by atoms with van der Waals surface area (Å²) in [6, 6.07) is 0. The fourth-order valence-corrected chi connectivity index (χ4v) is 6.55. The zero-order valence-corrected chi connectivity index (χ0v) is 120. The summed E-state index contributed by atoms with van der Waals surface area (Å²) in [5, 5.41) is 0. The molecule has 0 bridgehead atoms. The third-order valence-electron chi connectivity index (χ3n) is 3.36. The first kappa shape index (κ1) is 172. The predicted octanol–water partition coefficient (Wildman–Crippen LogP) is -77.5. The zero-order chi connectivity index (χ0) is 25.6. The summed E-state index contributed by atoms with van der Waals surface area (Å²) in [4.78, 5) is 102. The van der Waals surface area contributed by atoms with Gasteiger partial charge < -0.3 is 71.8 Å². The normalized spacial score (nSPS) is 12.7. The van der Waals surface area contributed by atoms with E-state index in [1.165, 1.54) is 0 Å². The van der Waals surface area contributed by atoms with Crippen molar-refractivity contribution in [3.63, 3.8) is 0 Å². The van der Waals surface area contributed by atoms with Crippen LogP contribution in [0.3, 0.4) is 0 Å². The van der Waals surface area contributed by atoms with Crippen LogP contribution in [0.1, 0.15) is 0 Å². The largest absolute Gasteiger partial charge is 1.00 e. The van der Waals surface area contributed by atoms with Gasteiger partial charge in [-0.1, -0.05) is 0 Å². The Morgan fingerprint density at radius 2 is 0.339 bits per heavy atom. The van der Waals surface area contributed by atoms with Crippen molar-refractivity contribution in [1.29, 1.82) is 0 Å². The molecule has 0 heterocycles. The summed E-state index contributed by atoms with van der Waals surface area (Å²) in [6.07, 6.45) is -6.12. The van der Waals surface area contributed by atoms with Crippen LogP contribution in [-0.2, 0) is 22.8 Å². The van der Waals surface area contributed by atoms with Crippen molar-refractivity contribution < 1.29 is 1300 Å². The summed E-state index contributed by atoms with van der Waals surface area (Å²) in [6.45, 7) is -2.30. The molecule has 47 heteroatoms. The molecule has 0 aliphatic heterocycles. The van der Waals surface area contributed by atoms with E-state index in [2.05, 4.69) is 0 Å². The van der Waals surface area contributed by atoms with Crippen molar-refractivity contribution in [3.8, 4) is 0 Å². The van der Waals surface area contributed by atoms with Crippen molar-refractivity contribution >= 4 is 38.0 Å². The second-order valence-electron chi connectivity index (χ2n) is 6.80. The second kappa shape index (κ2) is 108. The minimum absolute atomic E-state index is 0. The van der Waals surface area contributed by atoms with Crippen LogP contribution in [0.25, 0.3) is 0 Å². The maximum absolute atomic E-state index is 11.2. The Bertz CT molecular complexity index is 776. The molecule has 194 valence electrons. The molecule has 0 spiro atoms. The number of hydrogen-bond donors (Lipinski definition) is 5. The molecular formula is C9H23K24N3O15P5+19. The third-order valence-corrected chi connectivity index (χ3v) is 7.15. The van der Waals surface area contributed by atoms with Crippen LogP contribution in [0.2, 0.25) is 0 Å². The van der Waals surface area contributed by atoms with Crippen LogP contribution in [0, 0.1) is 0 Å². The Morgan fingerprint density at radius 3 is 0.446 bits per heavy atom. The smallest absolute Gasteiger partial charge is 0.778 e. The Hall–Kier alpha value is 39.9. The van der Waals surface area contributed by atoms with Gasteiger partial charge in [0.15, 0.2) is 0 Å². The molecule has 56 heavy (non-hydrogen) atoms. The first-order valence-electron chi connectivity index (χ1n) is 8.25. The average Bonchev–Trinajstić information content (AvgIpc) is 2.41. The topological polar surface area (TPSA) is 312 Å². The molecule has 18 nitrogen and oxygen atoms in total. The van der Waals surface area contributed by atoms with E-state index >= 15 is 0 Å². The molecule has 0 aromatic carbocycles. The molecule has 5 atom stereocenters. The van der Waals surface area contributed by atoms with Crippen molar-refractivity contribution in [3.05, 3.63) is 0 Å². The summed E-state index contributed by atoms with van der Waals surface area (Å²) in [5.74, 6) is 0. The van der Waals surface area contributed by atoms with Crippen LogP contribution in [-0.4, -0.2) is 96.8 Å². The average molecular weight is 1510 g/mol. The molecule has 0 aliphatic rings. The van der Waals surface area contributed by atoms with Gasteiger partial charge in [0, 0.05) is 26.2 Å². The standard InChI is InChI=1S/C9H28N3O15P5.24K/c13-28(14,15)5-10(1-3-11(6-29(16,17)18)7-30(19,20)21)2-4-12(8-31(22,23)24)9-32(25,26)27;;;;;;;;;;;;;;;;;;;;;;;;/h1-9H2,(H2,13,14,15)(H2,16,17,18)(H2,19,20,21)(H2,22,23,24)(H2,25,26,27);;;;;;;;;;;;;;;;;;;;;;;;/q;24*+1/p-5. The number of rotatable bonds is 16. The quantitative estimate of drug-likeness (QED) is 0.0708. The molecule has 0 aliphatic carbocycles. The summed E-state index contributed by atoms with van der Waals surface area (Å²) >= 11 is 0. The van der Waals surface area contributed by atoms with Crippen LogP contribution in [0.15, 0.2) is 0 Å². The molecule has 0 aromatic heterocycles. The van der Waals surface area contributed by atoms with E-state index in [9.17, 15) is 47.3 Å². The van der Waals surface area contributed by atoms with E-state index in [4.69, 9.17) is 24.5 Å². The van der Waals surface area contributed by atoms with Crippen molar-refractivity contribution in [2.24, 2.45) is 0 Å². The molecule has 0 radical (unpaired) electrons. The van der Waals surface area contributed by atoms with E-state index in [0.717, 1.165) is 4.90 Å². The van der Waals surface area contributed by atoms with Gasteiger partial charge in [-0.05, 0) is 0 Å². The third kappa shape index (κ3) is 144. The SMILES string of the molecule is O=P([O-])(O)CN(CCN(CP(=O)([O-])O)CP(=O)([O-])O)CCN(CP(=O)([O-])O)CP(=O)([O-])O.[K+].[K+].[K+].[K+].[K+].[K+].[K+].[K+].[K+].[K+].[K+].[K+].[K+].[K+].[K+].[K+].[K+].[K+].[K+].[K+].[K+].[K+].[K+].[K+]. The van der Waals surface area contributed by atoms with Crippen LogP contribution in [0.5, 0.6) is 0 Å². The minimum Gasteiger partial charge on any atom is -0.778 e. The van der Waals surface area contributed by atoms with Gasteiger partial charge in [-0.15, -0.1) is 0 Å². The summed E-state index contributed by atoms with van der Waals surface area (Å²) in [7, 11) is -25.3. The predicted molar refractivity (Wildman–Crippen MR) is 98.4 cm³/mol. The van der Waals surface area contributed by atoms with Crippen LogP contribution >= 0.6 is 38.0 Å². The molecule has 5 N–H and O–H groups in total. The zero-order valence-electron chi connectivity index (χ0n) is 40.3. The Balaban J connectivity index is -0.0000000174. The van der Waals surface area contributed by atoms with E-state index in [1.807, 2.05) is 0 Å². The van der Waals surface area contributed by atoms with E-state index in [-0.39, 0.29) is 1230 Å². The second-order valence-corrected chi connectivity index (χ2v) is 14.6. The molecule has 0 amide bonds. The van der Waals surface area contributed by atoms with Gasteiger partial charge in [0.25, 0.3) is 0 Å². The van der Waals surface area contributed by atoms with Gasteiger partial charge >= 0.3 is 1230 Å². The van der Waals surface area contributed by atoms with Crippen molar-refractivity contribution in [2.75, 3.05) is 57.6 Å². The van der Waals surface area contributed by atoms with Crippen molar-refractivity contribution in [1.82, 2.24) is 14.7 Å². The summed E-state index contributed by atoms with van der Waals surface area (Å²) < 4.78 is 55.4. The molecule has 0 saturated heterocycles. The van der Waals surface area contributed by atoms with Gasteiger partial charge in [-0.25, -0.2) is 0 Å². The molecular weight excluding hydrogens is 1480 g/mol. The first-order chi connectivity index (χ1) is 13.9. The van der Waals surface area contributed by atoms with Gasteiger partial charge in [-0.2, -0.15) is 0 Å². The van der Waals surface area contributed by atoms with Gasteiger partial charge in [0.2, 0.25) is 0 Å². The van der Waals surface area contributed by atoms with Crippen LogP contribution in [0.4, 0.5) is 0 Å². The van der Waals surface area contributed by atoms with Gasteiger partial charge in [0.05, 0.1) is 31.4 Å². The van der Waals surface area contributed by atoms with E-state index in [1.54, 1.807) is 0 Å². The monoisotopic (exact) mass is 1500 g/mol. The molecule has 0 rings (SSSR count). The van der Waals surface area contributed by atoms with E-state index in [0.29, 0.717) is 9.80 Å². The molecule has 0 fully saturated rings. The Kier molecular flexibility index (Phi) is 332. The van der Waals surface area contributed by atoms with E-state index < -0.39 is 95.6 Å². The van der Waals surface area contributed by atoms with Crippen LogP contribution < -0.4 is 1260 Å². The Labute approximate surface area is 1360 Å². The fourth-order valence-electron chi connectivity index (χ4n) is 2.45. The van der Waals surface area contributed by atoms with Gasteiger partial charge in [0.1, 0.15) is 38.0 Å².